The summed E-state index contributed by atoms with van der Waals surface area (Å²) in [5.74, 6) is 0. The van der Waals surface area contributed by atoms with Crippen molar-refractivity contribution in [3.8, 4) is 5.69 Å². The molecule has 3 heteroatoms. The molecule has 3 rings (SSSR count). The molecule has 1 saturated carbocycles. The minimum absolute atomic E-state index is 0.410. The molecule has 1 atom stereocenters. The van der Waals surface area contributed by atoms with E-state index < -0.39 is 0 Å². The molecule has 1 aromatic heterocycles. The van der Waals surface area contributed by atoms with Crippen LogP contribution in [0.1, 0.15) is 45.1 Å². The highest BCUT2D eigenvalue weighted by Gasteiger charge is 2.31. The molecule has 3 nitrogen and oxygen atoms in total. The van der Waals surface area contributed by atoms with Gasteiger partial charge < -0.3 is 5.32 Å². The highest BCUT2D eigenvalue weighted by atomic mass is 15.3. The largest absolute Gasteiger partial charge is 0.309 e. The fourth-order valence-electron chi connectivity index (χ4n) is 3.29. The zero-order valence-corrected chi connectivity index (χ0v) is 13.0. The van der Waals surface area contributed by atoms with Gasteiger partial charge in [0.2, 0.25) is 0 Å². The maximum Gasteiger partial charge on any atom is 0.0645 e. The summed E-state index contributed by atoms with van der Waals surface area (Å²) >= 11 is 0. The molecule has 0 amide bonds. The fourth-order valence-corrected chi connectivity index (χ4v) is 3.29. The molecule has 1 fully saturated rings. The monoisotopic (exact) mass is 283 g/mol. The third-order valence-electron chi connectivity index (χ3n) is 4.72. The van der Waals surface area contributed by atoms with E-state index in [1.165, 1.54) is 31.2 Å². The molecule has 0 radical (unpaired) electrons. The van der Waals surface area contributed by atoms with E-state index >= 15 is 0 Å². The van der Waals surface area contributed by atoms with Gasteiger partial charge in [-0.05, 0) is 30.4 Å². The number of rotatable bonds is 4. The quantitative estimate of drug-likeness (QED) is 0.921. The number of nitrogens with zero attached hydrogens (tertiary/aromatic N) is 2. The molecule has 112 valence electrons. The van der Waals surface area contributed by atoms with Crippen LogP contribution in [0.2, 0.25) is 0 Å². The van der Waals surface area contributed by atoms with Gasteiger partial charge in [-0.15, -0.1) is 0 Å². The van der Waals surface area contributed by atoms with Crippen LogP contribution in [0.3, 0.4) is 0 Å². The van der Waals surface area contributed by atoms with Gasteiger partial charge in [0.05, 0.1) is 11.9 Å². The Morgan fingerprint density at radius 1 is 1.24 bits per heavy atom. The summed E-state index contributed by atoms with van der Waals surface area (Å²) < 4.78 is 1.95. The van der Waals surface area contributed by atoms with Crippen LogP contribution in [0, 0.1) is 5.41 Å². The second kappa shape index (κ2) is 6.02. The Kier molecular flexibility index (Phi) is 4.11. The van der Waals surface area contributed by atoms with Gasteiger partial charge in [0, 0.05) is 24.3 Å². The smallest absolute Gasteiger partial charge is 0.0645 e. The van der Waals surface area contributed by atoms with E-state index in [-0.39, 0.29) is 0 Å². The fraction of sp³-hybridized carbons (Fsp3) is 0.500. The summed E-state index contributed by atoms with van der Waals surface area (Å²) in [5.41, 5.74) is 2.77. The lowest BCUT2D eigenvalue weighted by atomic mass is 9.73. The molecular formula is C18H25N3. The van der Waals surface area contributed by atoms with Crippen LogP contribution in [-0.2, 0) is 6.54 Å². The number of para-hydroxylation sites is 1. The van der Waals surface area contributed by atoms with E-state index in [9.17, 15) is 0 Å². The van der Waals surface area contributed by atoms with Crippen LogP contribution in [0.5, 0.6) is 0 Å². The van der Waals surface area contributed by atoms with Crippen molar-refractivity contribution < 1.29 is 0 Å². The molecular weight excluding hydrogens is 258 g/mol. The Bertz CT molecular complexity index is 571. The minimum Gasteiger partial charge on any atom is -0.309 e. The van der Waals surface area contributed by atoms with E-state index in [1.807, 2.05) is 29.1 Å². The minimum atomic E-state index is 0.410. The predicted octanol–water partition coefficient (Wildman–Crippen LogP) is 3.93. The lowest BCUT2D eigenvalue weighted by Gasteiger charge is -2.39. The van der Waals surface area contributed by atoms with Crippen molar-refractivity contribution in [3.63, 3.8) is 0 Å². The number of aromatic nitrogens is 2. The predicted molar refractivity (Wildman–Crippen MR) is 86.4 cm³/mol. The molecule has 1 aromatic carbocycles. The SMILES string of the molecule is CC1(C)CCCCC1NCc1cnn(-c2ccccc2)c1. The zero-order valence-electron chi connectivity index (χ0n) is 13.0. The first kappa shape index (κ1) is 14.3. The van der Waals surface area contributed by atoms with Crippen molar-refractivity contribution in [3.05, 3.63) is 48.3 Å². The Morgan fingerprint density at radius 3 is 2.81 bits per heavy atom. The molecule has 1 aliphatic rings. The third-order valence-corrected chi connectivity index (χ3v) is 4.72. The second-order valence-electron chi connectivity index (χ2n) is 6.80. The number of hydrogen-bond donors (Lipinski definition) is 1. The van der Waals surface area contributed by atoms with Gasteiger partial charge in [-0.1, -0.05) is 44.9 Å². The molecule has 0 aliphatic heterocycles. The third kappa shape index (κ3) is 3.35. The molecule has 1 N–H and O–H groups in total. The molecule has 2 aromatic rings. The summed E-state index contributed by atoms with van der Waals surface area (Å²) in [5, 5.41) is 8.20. The zero-order chi connectivity index (χ0) is 14.7. The van der Waals surface area contributed by atoms with Crippen LogP contribution in [-0.4, -0.2) is 15.8 Å². The first-order valence-electron chi connectivity index (χ1n) is 7.97. The van der Waals surface area contributed by atoms with Gasteiger partial charge in [-0.3, -0.25) is 0 Å². The summed E-state index contributed by atoms with van der Waals surface area (Å²) in [7, 11) is 0. The van der Waals surface area contributed by atoms with Crippen molar-refractivity contribution in [2.24, 2.45) is 5.41 Å². The summed E-state index contributed by atoms with van der Waals surface area (Å²) in [6.45, 7) is 5.68. The van der Waals surface area contributed by atoms with Crippen LogP contribution < -0.4 is 5.32 Å². The topological polar surface area (TPSA) is 29.9 Å². The Balaban J connectivity index is 1.63. The van der Waals surface area contributed by atoms with Crippen LogP contribution in [0.4, 0.5) is 0 Å². The first-order valence-corrected chi connectivity index (χ1v) is 7.97. The van der Waals surface area contributed by atoms with Gasteiger partial charge in [-0.2, -0.15) is 5.10 Å². The highest BCUT2D eigenvalue weighted by Crippen LogP contribution is 2.35. The number of nitrogens with one attached hydrogen (secondary N) is 1. The number of hydrogen-bond acceptors (Lipinski definition) is 2. The maximum atomic E-state index is 4.46. The van der Waals surface area contributed by atoms with E-state index in [2.05, 4.69) is 42.6 Å². The molecule has 1 unspecified atom stereocenters. The summed E-state index contributed by atoms with van der Waals surface area (Å²) in [6, 6.07) is 10.9. The van der Waals surface area contributed by atoms with Gasteiger partial charge in [-0.25, -0.2) is 4.68 Å². The van der Waals surface area contributed by atoms with E-state index in [4.69, 9.17) is 0 Å². The normalized spacial score (nSPS) is 21.3. The lowest BCUT2D eigenvalue weighted by Crippen LogP contribution is -2.43. The first-order chi connectivity index (χ1) is 10.1. The molecule has 0 bridgehead atoms. The lowest BCUT2D eigenvalue weighted by molar-refractivity contribution is 0.167. The van der Waals surface area contributed by atoms with Crippen LogP contribution in [0.25, 0.3) is 5.69 Å². The summed E-state index contributed by atoms with van der Waals surface area (Å²) in [6.07, 6.45) is 9.43. The van der Waals surface area contributed by atoms with Gasteiger partial charge in [0.1, 0.15) is 0 Å². The Morgan fingerprint density at radius 2 is 2.05 bits per heavy atom. The molecule has 0 saturated heterocycles. The Hall–Kier alpha value is -1.61. The van der Waals surface area contributed by atoms with E-state index in [1.54, 1.807) is 0 Å². The average molecular weight is 283 g/mol. The Labute approximate surface area is 127 Å². The maximum absolute atomic E-state index is 4.46. The van der Waals surface area contributed by atoms with Crippen molar-refractivity contribution in [2.75, 3.05) is 0 Å². The van der Waals surface area contributed by atoms with Crippen molar-refractivity contribution in [1.82, 2.24) is 15.1 Å². The van der Waals surface area contributed by atoms with E-state index in [0.717, 1.165) is 12.2 Å². The highest BCUT2D eigenvalue weighted by molar-refractivity contribution is 5.30. The molecule has 0 spiro atoms. The van der Waals surface area contributed by atoms with Crippen molar-refractivity contribution in [1.29, 1.82) is 0 Å². The average Bonchev–Trinajstić information content (AvgIpc) is 2.95. The van der Waals surface area contributed by atoms with E-state index in [0.29, 0.717) is 11.5 Å². The number of benzene rings is 1. The second-order valence-corrected chi connectivity index (χ2v) is 6.80. The van der Waals surface area contributed by atoms with Crippen LogP contribution >= 0.6 is 0 Å². The molecule has 21 heavy (non-hydrogen) atoms. The molecule has 1 heterocycles. The van der Waals surface area contributed by atoms with Crippen LogP contribution in [0.15, 0.2) is 42.7 Å². The van der Waals surface area contributed by atoms with Crippen molar-refractivity contribution >= 4 is 0 Å². The van der Waals surface area contributed by atoms with Gasteiger partial charge in [0.15, 0.2) is 0 Å². The van der Waals surface area contributed by atoms with Gasteiger partial charge in [0.25, 0.3) is 0 Å². The molecule has 1 aliphatic carbocycles. The van der Waals surface area contributed by atoms with Gasteiger partial charge >= 0.3 is 0 Å². The van der Waals surface area contributed by atoms with Crippen molar-refractivity contribution in [2.45, 2.75) is 52.1 Å². The standard InChI is InChI=1S/C18H25N3/c1-18(2)11-7-6-10-17(18)19-12-15-13-20-21(14-15)16-8-4-3-5-9-16/h3-5,8-9,13-14,17,19H,6-7,10-12H2,1-2H3. The summed E-state index contributed by atoms with van der Waals surface area (Å²) in [4.78, 5) is 0.